The second kappa shape index (κ2) is 6.97. The lowest BCUT2D eigenvalue weighted by molar-refractivity contribution is -0.116. The Hall–Kier alpha value is -2.13. The van der Waals surface area contributed by atoms with Crippen LogP contribution in [-0.2, 0) is 17.8 Å². The van der Waals surface area contributed by atoms with E-state index in [1.165, 1.54) is 33.6 Å². The van der Waals surface area contributed by atoms with Gasteiger partial charge < -0.3 is 5.32 Å². The molecule has 3 aromatic rings. The van der Waals surface area contributed by atoms with Gasteiger partial charge in [0.15, 0.2) is 0 Å². The maximum Gasteiger partial charge on any atom is 0.262 e. The van der Waals surface area contributed by atoms with Crippen LogP contribution in [0.2, 0.25) is 0 Å². The number of nitrogens with one attached hydrogen (secondary N) is 1. The van der Waals surface area contributed by atoms with Gasteiger partial charge >= 0.3 is 0 Å². The number of aryl methyl sites for hydroxylation is 2. The molecule has 0 aliphatic rings. The Bertz CT molecular complexity index is 883. The first kappa shape index (κ1) is 15.8. The Morgan fingerprint density at radius 1 is 1.39 bits per heavy atom. The minimum atomic E-state index is -0.193. The molecule has 0 aliphatic heterocycles. The van der Waals surface area contributed by atoms with Crippen LogP contribution in [0.15, 0.2) is 22.6 Å². The van der Waals surface area contributed by atoms with Gasteiger partial charge in [-0.3, -0.25) is 14.2 Å². The van der Waals surface area contributed by atoms with Crippen LogP contribution in [-0.4, -0.2) is 25.7 Å². The summed E-state index contributed by atoms with van der Waals surface area (Å²) in [6.45, 7) is 2.35. The zero-order valence-corrected chi connectivity index (χ0v) is 14.1. The first-order chi connectivity index (χ1) is 11.2. The fourth-order valence-electron chi connectivity index (χ4n) is 2.08. The van der Waals surface area contributed by atoms with Gasteiger partial charge in [-0.1, -0.05) is 18.3 Å². The van der Waals surface area contributed by atoms with Gasteiger partial charge in [-0.05, 0) is 17.9 Å². The van der Waals surface area contributed by atoms with E-state index in [0.717, 1.165) is 17.8 Å². The molecule has 0 saturated carbocycles. The van der Waals surface area contributed by atoms with E-state index in [4.69, 9.17) is 0 Å². The molecule has 9 heteroatoms. The molecule has 23 heavy (non-hydrogen) atoms. The Morgan fingerprint density at radius 2 is 2.26 bits per heavy atom. The van der Waals surface area contributed by atoms with E-state index in [-0.39, 0.29) is 24.4 Å². The summed E-state index contributed by atoms with van der Waals surface area (Å²) in [5.74, 6) is -0.193. The molecule has 120 valence electrons. The van der Waals surface area contributed by atoms with Gasteiger partial charge in [-0.2, -0.15) is 0 Å². The standard InChI is InChI=1S/C14H15N5O2S2/c1-2-3-11-17-18-14(23-11)16-10(20)4-6-19-8-15-12-9(13(19)21)5-7-22-12/h5,7-8H,2-4,6H2,1H3,(H,16,18,20). The van der Waals surface area contributed by atoms with Crippen LogP contribution < -0.4 is 10.9 Å². The van der Waals surface area contributed by atoms with Crippen LogP contribution in [0.3, 0.4) is 0 Å². The first-order valence-electron chi connectivity index (χ1n) is 7.22. The maximum absolute atomic E-state index is 12.2. The van der Waals surface area contributed by atoms with Gasteiger partial charge in [-0.25, -0.2) is 4.98 Å². The van der Waals surface area contributed by atoms with Gasteiger partial charge in [0, 0.05) is 19.4 Å². The van der Waals surface area contributed by atoms with Crippen molar-refractivity contribution in [3.63, 3.8) is 0 Å². The number of rotatable bonds is 6. The smallest absolute Gasteiger partial charge is 0.262 e. The average Bonchev–Trinajstić information content (AvgIpc) is 3.17. The number of anilines is 1. The fourth-order valence-corrected chi connectivity index (χ4v) is 3.66. The van der Waals surface area contributed by atoms with Gasteiger partial charge in [0.25, 0.3) is 5.56 Å². The number of carbonyl (C=O) groups is 1. The van der Waals surface area contributed by atoms with E-state index in [2.05, 4.69) is 27.4 Å². The highest BCUT2D eigenvalue weighted by Gasteiger charge is 2.10. The lowest BCUT2D eigenvalue weighted by Gasteiger charge is -2.04. The Kier molecular flexibility index (Phi) is 4.77. The molecule has 7 nitrogen and oxygen atoms in total. The molecule has 1 N–H and O–H groups in total. The maximum atomic E-state index is 12.2. The van der Waals surface area contributed by atoms with E-state index in [1.54, 1.807) is 6.07 Å². The Balaban J connectivity index is 1.61. The molecule has 0 unspecified atom stereocenters. The topological polar surface area (TPSA) is 89.8 Å². The van der Waals surface area contributed by atoms with Crippen molar-refractivity contribution in [2.24, 2.45) is 0 Å². The third-order valence-electron chi connectivity index (χ3n) is 3.21. The summed E-state index contributed by atoms with van der Waals surface area (Å²) in [6, 6.07) is 1.75. The molecule has 0 saturated heterocycles. The summed E-state index contributed by atoms with van der Waals surface area (Å²) in [5, 5.41) is 14.5. The summed E-state index contributed by atoms with van der Waals surface area (Å²) in [7, 11) is 0. The van der Waals surface area contributed by atoms with Crippen molar-refractivity contribution in [3.05, 3.63) is 33.1 Å². The highest BCUT2D eigenvalue weighted by atomic mass is 32.1. The van der Waals surface area contributed by atoms with Crippen molar-refractivity contribution in [3.8, 4) is 0 Å². The average molecular weight is 349 g/mol. The molecule has 0 aromatic carbocycles. The quantitative estimate of drug-likeness (QED) is 0.737. The molecular weight excluding hydrogens is 334 g/mol. The number of amides is 1. The predicted octanol–water partition coefficient (Wildman–Crippen LogP) is 2.29. The van der Waals surface area contributed by atoms with Gasteiger partial charge in [-0.15, -0.1) is 21.5 Å². The van der Waals surface area contributed by atoms with Crippen LogP contribution in [0, 0.1) is 0 Å². The van der Waals surface area contributed by atoms with Gasteiger partial charge in [0.05, 0.1) is 11.7 Å². The summed E-state index contributed by atoms with van der Waals surface area (Å²) in [4.78, 5) is 29.1. The summed E-state index contributed by atoms with van der Waals surface area (Å²) >= 11 is 2.81. The zero-order valence-electron chi connectivity index (χ0n) is 12.5. The lowest BCUT2D eigenvalue weighted by atomic mass is 10.3. The van der Waals surface area contributed by atoms with Crippen LogP contribution >= 0.6 is 22.7 Å². The molecule has 0 bridgehead atoms. The highest BCUT2D eigenvalue weighted by molar-refractivity contribution is 7.16. The van der Waals surface area contributed by atoms with E-state index >= 15 is 0 Å². The van der Waals surface area contributed by atoms with Crippen molar-refractivity contribution < 1.29 is 4.79 Å². The van der Waals surface area contributed by atoms with E-state index < -0.39 is 0 Å². The third kappa shape index (κ3) is 3.62. The molecule has 0 spiro atoms. The number of nitrogens with zero attached hydrogens (tertiary/aromatic N) is 4. The molecule has 0 aliphatic carbocycles. The lowest BCUT2D eigenvalue weighted by Crippen LogP contribution is -2.23. The molecule has 3 heterocycles. The largest absolute Gasteiger partial charge is 0.300 e. The third-order valence-corrected chi connectivity index (χ3v) is 4.93. The normalized spacial score (nSPS) is 11.0. The zero-order chi connectivity index (χ0) is 16.2. The van der Waals surface area contributed by atoms with Crippen molar-refractivity contribution >= 4 is 43.9 Å². The van der Waals surface area contributed by atoms with E-state index in [1.807, 2.05) is 5.38 Å². The van der Waals surface area contributed by atoms with Crippen LogP contribution in [0.5, 0.6) is 0 Å². The van der Waals surface area contributed by atoms with E-state index in [9.17, 15) is 9.59 Å². The molecule has 3 rings (SSSR count). The number of thiophene rings is 1. The van der Waals surface area contributed by atoms with Crippen molar-refractivity contribution in [1.29, 1.82) is 0 Å². The molecular formula is C14H15N5O2S2. The summed E-state index contributed by atoms with van der Waals surface area (Å²) < 4.78 is 1.46. The number of hydrogen-bond donors (Lipinski definition) is 1. The molecule has 1 amide bonds. The SMILES string of the molecule is CCCc1nnc(NC(=O)CCn2cnc3sccc3c2=O)s1. The van der Waals surface area contributed by atoms with Gasteiger partial charge in [0.2, 0.25) is 11.0 Å². The minimum Gasteiger partial charge on any atom is -0.300 e. The van der Waals surface area contributed by atoms with Crippen LogP contribution in [0.25, 0.3) is 10.2 Å². The second-order valence-corrected chi connectivity index (χ2v) is 6.89. The summed E-state index contributed by atoms with van der Waals surface area (Å²) in [5.41, 5.74) is -0.120. The van der Waals surface area contributed by atoms with Gasteiger partial charge in [0.1, 0.15) is 9.84 Å². The summed E-state index contributed by atoms with van der Waals surface area (Å²) in [6.07, 6.45) is 3.51. The van der Waals surface area contributed by atoms with Crippen LogP contribution in [0.4, 0.5) is 5.13 Å². The number of fused-ring (bicyclic) bond motifs is 1. The highest BCUT2D eigenvalue weighted by Crippen LogP contribution is 2.17. The molecule has 0 radical (unpaired) electrons. The van der Waals surface area contributed by atoms with Crippen molar-refractivity contribution in [2.75, 3.05) is 5.32 Å². The van der Waals surface area contributed by atoms with Crippen molar-refractivity contribution in [1.82, 2.24) is 19.7 Å². The van der Waals surface area contributed by atoms with Crippen LogP contribution in [0.1, 0.15) is 24.8 Å². The fraction of sp³-hybridized carbons (Fsp3) is 0.357. The molecule has 0 atom stereocenters. The monoisotopic (exact) mass is 349 g/mol. The first-order valence-corrected chi connectivity index (χ1v) is 8.92. The number of aromatic nitrogens is 4. The minimum absolute atomic E-state index is 0.120. The second-order valence-electron chi connectivity index (χ2n) is 4.93. The molecule has 3 aromatic heterocycles. The van der Waals surface area contributed by atoms with E-state index in [0.29, 0.717) is 15.3 Å². The number of hydrogen-bond acceptors (Lipinski definition) is 7. The number of carbonyl (C=O) groups excluding carboxylic acids is 1. The molecule has 0 fully saturated rings. The Morgan fingerprint density at radius 3 is 3.09 bits per heavy atom. The predicted molar refractivity (Wildman–Crippen MR) is 91.0 cm³/mol. The van der Waals surface area contributed by atoms with Crippen molar-refractivity contribution in [2.45, 2.75) is 32.7 Å². The Labute approximate surface area is 140 Å².